The van der Waals surface area contributed by atoms with Crippen LogP contribution in [0.5, 0.6) is 11.5 Å². The van der Waals surface area contributed by atoms with Crippen LogP contribution in [0.4, 0.5) is 0 Å². The average molecular weight is 279 g/mol. The Hall–Kier alpha value is -2.44. The zero-order valence-electron chi connectivity index (χ0n) is 10.9. The number of phenolic OH excluding ortho intramolecular Hbond substituents is 2. The van der Waals surface area contributed by atoms with Gasteiger partial charge in [0.1, 0.15) is 0 Å². The van der Waals surface area contributed by atoms with Gasteiger partial charge in [0.05, 0.1) is 6.04 Å². The molecule has 5 N–H and O–H groups in total. The molecule has 1 amide bonds. The highest BCUT2D eigenvalue weighted by Crippen LogP contribution is 2.27. The first-order valence-corrected chi connectivity index (χ1v) is 6.35. The van der Waals surface area contributed by atoms with Crippen LogP contribution in [0.25, 0.3) is 0 Å². The second-order valence-electron chi connectivity index (χ2n) is 4.74. The highest BCUT2D eigenvalue weighted by Gasteiger charge is 2.30. The number of oxime groups is 1. The van der Waals surface area contributed by atoms with E-state index in [2.05, 4.69) is 5.16 Å². The highest BCUT2D eigenvalue weighted by atomic mass is 16.4. The van der Waals surface area contributed by atoms with Crippen LogP contribution in [-0.4, -0.2) is 44.6 Å². The molecule has 1 heterocycles. The Kier molecular flexibility index (Phi) is 3.97. The number of phenols is 2. The van der Waals surface area contributed by atoms with Gasteiger partial charge in [0, 0.05) is 12.1 Å². The molecule has 0 spiro atoms. The molecule has 108 valence electrons. The Morgan fingerprint density at radius 2 is 2.05 bits per heavy atom. The minimum Gasteiger partial charge on any atom is -0.504 e. The minimum atomic E-state index is -0.447. The summed E-state index contributed by atoms with van der Waals surface area (Å²) in [6.45, 7) is 0.501. The van der Waals surface area contributed by atoms with Crippen molar-refractivity contribution < 1.29 is 20.2 Å². The quantitative estimate of drug-likeness (QED) is 0.210. The summed E-state index contributed by atoms with van der Waals surface area (Å²) in [5, 5.41) is 30.5. The molecule has 1 aliphatic rings. The summed E-state index contributed by atoms with van der Waals surface area (Å²) in [4.78, 5) is 14.0. The van der Waals surface area contributed by atoms with E-state index in [1.165, 1.54) is 23.1 Å². The number of nitrogens with zero attached hydrogens (tertiary/aromatic N) is 2. The van der Waals surface area contributed by atoms with Gasteiger partial charge in [-0.15, -0.1) is 0 Å². The number of amidine groups is 1. The van der Waals surface area contributed by atoms with E-state index in [-0.39, 0.29) is 28.8 Å². The molecule has 0 saturated carbocycles. The minimum absolute atomic E-state index is 0.000972. The lowest BCUT2D eigenvalue weighted by atomic mass is 10.00. The molecule has 0 radical (unpaired) electrons. The Morgan fingerprint density at radius 1 is 1.30 bits per heavy atom. The highest BCUT2D eigenvalue weighted by molar-refractivity contribution is 5.98. The first kappa shape index (κ1) is 14.0. The van der Waals surface area contributed by atoms with Crippen molar-refractivity contribution in [3.63, 3.8) is 0 Å². The maximum Gasteiger partial charge on any atom is 0.254 e. The molecular weight excluding hydrogens is 262 g/mol. The predicted molar refractivity (Wildman–Crippen MR) is 71.9 cm³/mol. The van der Waals surface area contributed by atoms with Crippen LogP contribution in [0.1, 0.15) is 29.6 Å². The zero-order chi connectivity index (χ0) is 14.7. The number of rotatable bonds is 2. The van der Waals surface area contributed by atoms with Crippen LogP contribution in [0.15, 0.2) is 23.4 Å². The second kappa shape index (κ2) is 5.68. The molecule has 7 heteroatoms. The van der Waals surface area contributed by atoms with Gasteiger partial charge in [-0.1, -0.05) is 5.16 Å². The Morgan fingerprint density at radius 3 is 2.70 bits per heavy atom. The van der Waals surface area contributed by atoms with Gasteiger partial charge in [-0.3, -0.25) is 4.79 Å². The van der Waals surface area contributed by atoms with Crippen molar-refractivity contribution in [3.05, 3.63) is 23.8 Å². The van der Waals surface area contributed by atoms with E-state index < -0.39 is 6.04 Å². The topological polar surface area (TPSA) is 119 Å². The van der Waals surface area contributed by atoms with Crippen LogP contribution in [0.3, 0.4) is 0 Å². The number of piperidine rings is 1. The fourth-order valence-electron chi connectivity index (χ4n) is 2.37. The third-order valence-corrected chi connectivity index (χ3v) is 3.44. The van der Waals surface area contributed by atoms with Crippen molar-refractivity contribution in [1.82, 2.24) is 4.90 Å². The Bertz CT molecular complexity index is 544. The van der Waals surface area contributed by atoms with E-state index in [0.29, 0.717) is 13.0 Å². The number of hydrogen-bond acceptors (Lipinski definition) is 5. The van der Waals surface area contributed by atoms with E-state index in [1.54, 1.807) is 0 Å². The van der Waals surface area contributed by atoms with Gasteiger partial charge in [-0.05, 0) is 37.5 Å². The molecule has 20 heavy (non-hydrogen) atoms. The first-order valence-electron chi connectivity index (χ1n) is 6.35. The van der Waals surface area contributed by atoms with Gasteiger partial charge in [-0.2, -0.15) is 0 Å². The normalized spacial score (nSPS) is 19.9. The van der Waals surface area contributed by atoms with Gasteiger partial charge < -0.3 is 26.1 Å². The average Bonchev–Trinajstić information content (AvgIpc) is 2.48. The maximum absolute atomic E-state index is 12.4. The van der Waals surface area contributed by atoms with Crippen molar-refractivity contribution >= 4 is 11.7 Å². The molecule has 7 nitrogen and oxygen atoms in total. The number of likely N-dealkylation sites (tertiary alicyclic amines) is 1. The lowest BCUT2D eigenvalue weighted by Crippen LogP contribution is -2.50. The standard InChI is InChI=1S/C13H17N3O4/c14-12(15-20)9-3-1-2-6-16(9)13(19)8-4-5-10(17)11(18)7-8/h4-5,7,9,17-18,20H,1-3,6H2,(H2,14,15). The third kappa shape index (κ3) is 2.61. The first-order chi connectivity index (χ1) is 9.54. The van der Waals surface area contributed by atoms with Crippen molar-refractivity contribution in [2.75, 3.05) is 6.54 Å². The Balaban J connectivity index is 2.27. The molecule has 0 aliphatic carbocycles. The number of carbonyl (C=O) groups is 1. The van der Waals surface area contributed by atoms with Crippen molar-refractivity contribution in [2.45, 2.75) is 25.3 Å². The zero-order valence-corrected chi connectivity index (χ0v) is 10.9. The van der Waals surface area contributed by atoms with Crippen LogP contribution >= 0.6 is 0 Å². The summed E-state index contributed by atoms with van der Waals surface area (Å²) in [6.07, 6.45) is 2.36. The maximum atomic E-state index is 12.4. The van der Waals surface area contributed by atoms with Gasteiger partial charge in [0.25, 0.3) is 5.91 Å². The number of amides is 1. The van der Waals surface area contributed by atoms with Crippen LogP contribution in [0, 0.1) is 0 Å². The molecule has 1 atom stereocenters. The number of hydrogen-bond donors (Lipinski definition) is 4. The summed E-state index contributed by atoms with van der Waals surface area (Å²) in [5.41, 5.74) is 5.87. The summed E-state index contributed by atoms with van der Waals surface area (Å²) < 4.78 is 0. The van der Waals surface area contributed by atoms with E-state index >= 15 is 0 Å². The van der Waals surface area contributed by atoms with Crippen molar-refractivity contribution in [3.8, 4) is 11.5 Å². The van der Waals surface area contributed by atoms with Gasteiger partial charge in [-0.25, -0.2) is 0 Å². The van der Waals surface area contributed by atoms with Crippen LogP contribution < -0.4 is 5.73 Å². The van der Waals surface area contributed by atoms with Gasteiger partial charge >= 0.3 is 0 Å². The number of aromatic hydroxyl groups is 2. The van der Waals surface area contributed by atoms with E-state index in [9.17, 15) is 15.0 Å². The van der Waals surface area contributed by atoms with E-state index in [4.69, 9.17) is 10.9 Å². The predicted octanol–water partition coefficient (Wildman–Crippen LogP) is 0.839. The Labute approximate surface area is 115 Å². The summed E-state index contributed by atoms with van der Waals surface area (Å²) >= 11 is 0. The molecule has 1 fully saturated rings. The fourth-order valence-corrected chi connectivity index (χ4v) is 2.37. The van der Waals surface area contributed by atoms with E-state index in [1.807, 2.05) is 0 Å². The summed E-state index contributed by atoms with van der Waals surface area (Å²) in [6, 6.07) is 3.44. The summed E-state index contributed by atoms with van der Waals surface area (Å²) in [7, 11) is 0. The molecule has 0 aromatic heterocycles. The molecular formula is C13H17N3O4. The lowest BCUT2D eigenvalue weighted by Gasteiger charge is -2.34. The van der Waals surface area contributed by atoms with E-state index in [0.717, 1.165) is 12.8 Å². The fraction of sp³-hybridized carbons (Fsp3) is 0.385. The SMILES string of the molecule is N/C(=N/O)C1CCCCN1C(=O)c1ccc(O)c(O)c1. The largest absolute Gasteiger partial charge is 0.504 e. The second-order valence-corrected chi connectivity index (χ2v) is 4.74. The van der Waals surface area contributed by atoms with Gasteiger partial charge in [0.15, 0.2) is 17.3 Å². The lowest BCUT2D eigenvalue weighted by molar-refractivity contribution is 0.0676. The molecule has 1 aromatic carbocycles. The molecule has 1 unspecified atom stereocenters. The van der Waals surface area contributed by atoms with Crippen molar-refractivity contribution in [1.29, 1.82) is 0 Å². The molecule has 1 aliphatic heterocycles. The monoisotopic (exact) mass is 279 g/mol. The van der Waals surface area contributed by atoms with Crippen LogP contribution in [-0.2, 0) is 0 Å². The van der Waals surface area contributed by atoms with Gasteiger partial charge in [0.2, 0.25) is 0 Å². The smallest absolute Gasteiger partial charge is 0.254 e. The van der Waals surface area contributed by atoms with Crippen LogP contribution in [0.2, 0.25) is 0 Å². The molecule has 1 saturated heterocycles. The number of carbonyl (C=O) groups excluding carboxylic acids is 1. The van der Waals surface area contributed by atoms with Crippen molar-refractivity contribution in [2.24, 2.45) is 10.9 Å². The molecule has 1 aromatic rings. The number of benzene rings is 1. The molecule has 2 rings (SSSR count). The summed E-state index contributed by atoms with van der Waals surface area (Å²) in [5.74, 6) is -0.959. The molecule has 0 bridgehead atoms. The number of nitrogens with two attached hydrogens (primary N) is 1. The third-order valence-electron chi connectivity index (χ3n) is 3.44.